The lowest BCUT2D eigenvalue weighted by Gasteiger charge is -2.31. The van der Waals surface area contributed by atoms with Crippen LogP contribution < -0.4 is 14.2 Å². The molecular weight excluding hydrogens is 522 g/mol. The first-order valence-electron chi connectivity index (χ1n) is 12.8. The van der Waals surface area contributed by atoms with Crippen LogP contribution in [0, 0.1) is 13.8 Å². The highest BCUT2D eigenvalue weighted by molar-refractivity contribution is 6.46. The van der Waals surface area contributed by atoms with Crippen LogP contribution in [-0.4, -0.2) is 105 Å². The van der Waals surface area contributed by atoms with Crippen molar-refractivity contribution in [2.45, 2.75) is 19.9 Å². The van der Waals surface area contributed by atoms with Crippen molar-refractivity contribution in [2.75, 3.05) is 67.8 Å². The van der Waals surface area contributed by atoms with Gasteiger partial charge in [-0.3, -0.25) is 14.5 Å². The number of aryl methyl sites for hydroxylation is 1. The fourth-order valence-corrected chi connectivity index (χ4v) is 5.34. The molecule has 1 amide bonds. The predicted octanol–water partition coefficient (Wildman–Crippen LogP) is 2.20. The van der Waals surface area contributed by atoms with Gasteiger partial charge in [-0.05, 0) is 37.1 Å². The highest BCUT2D eigenvalue weighted by Gasteiger charge is 2.47. The van der Waals surface area contributed by atoms with Gasteiger partial charge in [-0.15, -0.1) is 0 Å². The highest BCUT2D eigenvalue weighted by Crippen LogP contribution is 2.46. The third kappa shape index (κ3) is 5.11. The number of nitrogens with zero attached hydrogens (tertiary/aromatic N) is 2. The van der Waals surface area contributed by atoms with E-state index in [1.54, 1.807) is 26.0 Å². The van der Waals surface area contributed by atoms with Crippen LogP contribution in [0.15, 0.2) is 17.7 Å². The summed E-state index contributed by atoms with van der Waals surface area (Å²) in [5, 5.41) is 11.7. The lowest BCUT2D eigenvalue weighted by molar-refractivity contribution is -0.140. The van der Waals surface area contributed by atoms with Crippen LogP contribution in [-0.2, 0) is 19.1 Å². The largest absolute Gasteiger partial charge is 0.507 e. The molecule has 2 aliphatic rings. The van der Waals surface area contributed by atoms with Gasteiger partial charge < -0.3 is 38.7 Å². The Kier molecular flexibility index (Phi) is 8.70. The summed E-state index contributed by atoms with van der Waals surface area (Å²) in [7, 11) is 5.67. The van der Waals surface area contributed by atoms with Crippen molar-refractivity contribution in [3.05, 3.63) is 45.8 Å². The molecule has 2 saturated heterocycles. The number of H-pyrrole nitrogens is 1. The summed E-state index contributed by atoms with van der Waals surface area (Å²) in [6, 6.07) is 2.35. The van der Waals surface area contributed by atoms with E-state index in [1.165, 1.54) is 33.3 Å². The number of amides is 1. The first-order chi connectivity index (χ1) is 19.2. The Hall–Kier alpha value is -4.03. The van der Waals surface area contributed by atoms with Crippen LogP contribution >= 0.6 is 0 Å². The van der Waals surface area contributed by atoms with Gasteiger partial charge in [-0.2, -0.15) is 0 Å². The number of Topliss-reactive ketones (excluding diaryl/α,β-unsaturated/α-hetero) is 1. The van der Waals surface area contributed by atoms with Crippen LogP contribution in [0.4, 0.5) is 0 Å². The number of ketones is 1. The minimum Gasteiger partial charge on any atom is -0.507 e. The van der Waals surface area contributed by atoms with Gasteiger partial charge in [0.2, 0.25) is 5.75 Å². The number of methoxy groups -OCH3 is 4. The maximum Gasteiger partial charge on any atom is 0.354 e. The summed E-state index contributed by atoms with van der Waals surface area (Å²) in [6.07, 6.45) is 0. The van der Waals surface area contributed by atoms with E-state index in [0.717, 1.165) is 0 Å². The van der Waals surface area contributed by atoms with Crippen molar-refractivity contribution in [2.24, 2.45) is 0 Å². The number of rotatable bonds is 9. The number of carbonyl (C=O) groups is 3. The van der Waals surface area contributed by atoms with Crippen molar-refractivity contribution in [1.82, 2.24) is 14.8 Å². The second kappa shape index (κ2) is 12.0. The predicted molar refractivity (Wildman–Crippen MR) is 144 cm³/mol. The van der Waals surface area contributed by atoms with Gasteiger partial charge in [0.05, 0.1) is 53.3 Å². The summed E-state index contributed by atoms with van der Waals surface area (Å²) < 4.78 is 26.8. The number of aromatic amines is 1. The maximum absolute atomic E-state index is 13.6. The van der Waals surface area contributed by atoms with E-state index in [-0.39, 0.29) is 23.4 Å². The summed E-state index contributed by atoms with van der Waals surface area (Å²) in [5.74, 6) is -1.58. The fraction of sp³-hybridized carbons (Fsp3) is 0.464. The highest BCUT2D eigenvalue weighted by atomic mass is 16.5. The molecule has 2 N–H and O–H groups in total. The van der Waals surface area contributed by atoms with Crippen LogP contribution in [0.2, 0.25) is 0 Å². The maximum atomic E-state index is 13.6. The van der Waals surface area contributed by atoms with Crippen molar-refractivity contribution >= 4 is 23.4 Å². The zero-order chi connectivity index (χ0) is 29.1. The SMILES string of the molecule is COC(=O)c1[nH]c(C)c(/C(O)=C2\C(=O)C(=O)N(CCN3CCOCC3)[C@@H]2c2cc(OC)c(OC)c(OC)c2)c1C. The molecule has 216 valence electrons. The zero-order valence-electron chi connectivity index (χ0n) is 23.6. The molecule has 12 heteroatoms. The van der Waals surface area contributed by atoms with Crippen molar-refractivity contribution < 1.29 is 43.2 Å². The minimum absolute atomic E-state index is 0.108. The van der Waals surface area contributed by atoms with Gasteiger partial charge in [-0.25, -0.2) is 4.79 Å². The average molecular weight is 558 g/mol. The zero-order valence-corrected chi connectivity index (χ0v) is 23.6. The topological polar surface area (TPSA) is 140 Å². The molecule has 1 aromatic heterocycles. The number of benzene rings is 1. The molecule has 3 heterocycles. The van der Waals surface area contributed by atoms with Crippen molar-refractivity contribution in [1.29, 1.82) is 0 Å². The molecule has 0 spiro atoms. The first-order valence-corrected chi connectivity index (χ1v) is 12.8. The first kappa shape index (κ1) is 29.0. The smallest absolute Gasteiger partial charge is 0.354 e. The third-order valence-electron chi connectivity index (χ3n) is 7.37. The van der Waals surface area contributed by atoms with Gasteiger partial charge in [-0.1, -0.05) is 0 Å². The second-order valence-electron chi connectivity index (χ2n) is 9.52. The van der Waals surface area contributed by atoms with Crippen LogP contribution in [0.5, 0.6) is 17.2 Å². The molecule has 1 atom stereocenters. The molecular formula is C28H35N3O9. The number of hydrogen-bond acceptors (Lipinski definition) is 10. The summed E-state index contributed by atoms with van der Waals surface area (Å²) in [6.45, 7) is 6.61. The molecule has 0 radical (unpaired) electrons. The van der Waals surface area contributed by atoms with E-state index in [1.807, 2.05) is 0 Å². The molecule has 0 unspecified atom stereocenters. The van der Waals surface area contributed by atoms with E-state index in [2.05, 4.69) is 9.88 Å². The molecule has 0 aliphatic carbocycles. The van der Waals surface area contributed by atoms with Gasteiger partial charge in [0.1, 0.15) is 11.5 Å². The summed E-state index contributed by atoms with van der Waals surface area (Å²) >= 11 is 0. The molecule has 0 bridgehead atoms. The fourth-order valence-electron chi connectivity index (χ4n) is 5.34. The number of hydrogen-bond donors (Lipinski definition) is 2. The number of morpholine rings is 1. The Morgan fingerprint density at radius 3 is 2.20 bits per heavy atom. The van der Waals surface area contributed by atoms with Gasteiger partial charge >= 0.3 is 5.97 Å². The Labute approximate surface area is 232 Å². The van der Waals surface area contributed by atoms with E-state index in [0.29, 0.717) is 66.9 Å². The molecule has 0 saturated carbocycles. The Morgan fingerprint density at radius 2 is 1.65 bits per heavy atom. The van der Waals surface area contributed by atoms with E-state index in [4.69, 9.17) is 23.7 Å². The third-order valence-corrected chi connectivity index (χ3v) is 7.37. The molecule has 2 aliphatic heterocycles. The van der Waals surface area contributed by atoms with Crippen LogP contribution in [0.3, 0.4) is 0 Å². The Balaban J connectivity index is 1.90. The molecule has 1 aromatic carbocycles. The van der Waals surface area contributed by atoms with Gasteiger partial charge in [0.15, 0.2) is 11.5 Å². The quantitative estimate of drug-likeness (QED) is 0.204. The lowest BCUT2D eigenvalue weighted by Crippen LogP contribution is -2.42. The molecule has 2 fully saturated rings. The number of aromatic nitrogens is 1. The number of aliphatic hydroxyl groups excluding tert-OH is 1. The van der Waals surface area contributed by atoms with E-state index in [9.17, 15) is 19.5 Å². The molecule has 12 nitrogen and oxygen atoms in total. The number of esters is 1. The lowest BCUT2D eigenvalue weighted by atomic mass is 9.93. The van der Waals surface area contributed by atoms with E-state index < -0.39 is 29.5 Å². The molecule has 40 heavy (non-hydrogen) atoms. The molecule has 2 aromatic rings. The number of nitrogens with one attached hydrogen (secondary N) is 1. The monoisotopic (exact) mass is 557 g/mol. The Bertz CT molecular complexity index is 1320. The Morgan fingerprint density at radius 1 is 1.02 bits per heavy atom. The molecule has 4 rings (SSSR count). The van der Waals surface area contributed by atoms with Gasteiger partial charge in [0.25, 0.3) is 11.7 Å². The average Bonchev–Trinajstić information content (AvgIpc) is 3.41. The van der Waals surface area contributed by atoms with Crippen molar-refractivity contribution in [3.8, 4) is 17.2 Å². The minimum atomic E-state index is -0.968. The van der Waals surface area contributed by atoms with Crippen molar-refractivity contribution in [3.63, 3.8) is 0 Å². The van der Waals surface area contributed by atoms with Crippen LogP contribution in [0.1, 0.15) is 38.9 Å². The summed E-state index contributed by atoms with van der Waals surface area (Å²) in [4.78, 5) is 45.9. The van der Waals surface area contributed by atoms with Crippen LogP contribution in [0.25, 0.3) is 5.76 Å². The second-order valence-corrected chi connectivity index (χ2v) is 9.52. The van der Waals surface area contributed by atoms with Gasteiger partial charge in [0, 0.05) is 37.4 Å². The number of aliphatic hydroxyl groups is 1. The summed E-state index contributed by atoms with van der Waals surface area (Å²) in [5.41, 5.74) is 1.61. The number of carbonyl (C=O) groups excluding carboxylic acids is 3. The van der Waals surface area contributed by atoms with E-state index >= 15 is 0 Å². The number of ether oxygens (including phenoxy) is 5. The normalized spacial score (nSPS) is 19.1. The standard InChI is InChI=1S/C28H35N3O9/c1-15-20(16(2)29-22(15)28(35)39-6)24(32)21-23(17-13-18(36-3)26(38-5)19(14-17)37-4)31(27(34)25(21)33)8-7-30-9-11-40-12-10-30/h13-14,23,29,32H,7-12H2,1-6H3/b24-21+/t23-/m1/s1. The number of likely N-dealkylation sites (tertiary alicyclic amines) is 1.